The van der Waals surface area contributed by atoms with Crippen LogP contribution in [-0.4, -0.2) is 50.2 Å². The SMILES string of the molecule is CC[C@H]1C(OCOC)C2C3CC[C@H]([C@H](C)CCc4noc(=O)[nH]4)[C@@]3(C)[C@@H](OCOC)CC2[C@@]2(C)CC[C@@H](C)C[C@@H]12. The molecule has 0 aromatic carbocycles. The average molecular weight is 563 g/mol. The molecule has 0 bridgehead atoms. The molecule has 8 heteroatoms. The topological polar surface area (TPSA) is 95.8 Å². The molecule has 8 nitrogen and oxygen atoms in total. The summed E-state index contributed by atoms with van der Waals surface area (Å²) in [6, 6.07) is 0. The van der Waals surface area contributed by atoms with Crippen LogP contribution >= 0.6 is 0 Å². The van der Waals surface area contributed by atoms with E-state index in [1.807, 2.05) is 0 Å². The standard InChI is InChI=1S/C32H54N2O6/c1-8-21-24-15-19(2)13-14-31(24,4)25-16-26(38-17-36-6)32(5)22(20(3)9-12-27-33-30(35)40-34-27)10-11-23(32)28(25)29(21)39-18-37-7/h19-26,28-29H,8-18H2,1-7H3,(H,33,34,35)/t19-,20-,21-,22-,23?,24+,25?,26+,28?,29?,31+,32-/m1/s1. The zero-order chi connectivity index (χ0) is 28.7. The number of fused-ring (bicyclic) bond motifs is 5. The van der Waals surface area contributed by atoms with Gasteiger partial charge < -0.3 is 18.9 Å². The number of methoxy groups -OCH3 is 2. The maximum absolute atomic E-state index is 11.5. The van der Waals surface area contributed by atoms with Crippen LogP contribution in [-0.2, 0) is 25.4 Å². The zero-order valence-corrected chi connectivity index (χ0v) is 25.9. The Labute approximate surface area is 240 Å². The molecule has 4 aliphatic carbocycles. The first-order chi connectivity index (χ1) is 19.2. The molecule has 4 aliphatic rings. The summed E-state index contributed by atoms with van der Waals surface area (Å²) in [5.41, 5.74) is 0.331. The Kier molecular flexibility index (Phi) is 9.21. The number of aromatic nitrogens is 2. The van der Waals surface area contributed by atoms with Crippen molar-refractivity contribution in [1.29, 1.82) is 0 Å². The molecular weight excluding hydrogens is 508 g/mol. The minimum atomic E-state index is -0.476. The summed E-state index contributed by atoms with van der Waals surface area (Å²) in [6.07, 6.45) is 10.6. The first-order valence-electron chi connectivity index (χ1n) is 15.9. The largest absolute Gasteiger partial charge is 0.438 e. The van der Waals surface area contributed by atoms with Crippen molar-refractivity contribution >= 4 is 0 Å². The van der Waals surface area contributed by atoms with Crippen molar-refractivity contribution < 1.29 is 23.5 Å². The summed E-state index contributed by atoms with van der Waals surface area (Å²) in [5, 5.41) is 3.92. The van der Waals surface area contributed by atoms with Gasteiger partial charge in [0.2, 0.25) is 0 Å². The van der Waals surface area contributed by atoms with E-state index in [1.54, 1.807) is 14.2 Å². The summed E-state index contributed by atoms with van der Waals surface area (Å²) in [5.74, 6) is 4.76. The lowest BCUT2D eigenvalue weighted by Crippen LogP contribution is -2.65. The molecular formula is C32H54N2O6. The van der Waals surface area contributed by atoms with Crippen LogP contribution in [0.15, 0.2) is 9.32 Å². The zero-order valence-electron chi connectivity index (χ0n) is 25.9. The van der Waals surface area contributed by atoms with E-state index in [1.165, 1.54) is 32.1 Å². The second kappa shape index (κ2) is 12.2. The lowest BCUT2D eigenvalue weighted by molar-refractivity contribution is -0.262. The van der Waals surface area contributed by atoms with E-state index >= 15 is 0 Å². The van der Waals surface area contributed by atoms with E-state index in [0.29, 0.717) is 66.3 Å². The van der Waals surface area contributed by atoms with Gasteiger partial charge in [-0.3, -0.25) is 9.51 Å². The van der Waals surface area contributed by atoms with Gasteiger partial charge in [-0.05, 0) is 91.3 Å². The molecule has 1 N–H and O–H groups in total. The fraction of sp³-hybridized carbons (Fsp3) is 0.938. The van der Waals surface area contributed by atoms with Gasteiger partial charge in [-0.2, -0.15) is 0 Å². The Morgan fingerprint density at radius 3 is 2.48 bits per heavy atom. The van der Waals surface area contributed by atoms with Crippen LogP contribution in [0.5, 0.6) is 0 Å². The minimum absolute atomic E-state index is 0.0223. The van der Waals surface area contributed by atoms with Gasteiger partial charge in [0.25, 0.3) is 0 Å². The Morgan fingerprint density at radius 1 is 1.05 bits per heavy atom. The van der Waals surface area contributed by atoms with Crippen LogP contribution in [0.3, 0.4) is 0 Å². The highest BCUT2D eigenvalue weighted by Crippen LogP contribution is 2.70. The van der Waals surface area contributed by atoms with Gasteiger partial charge in [0.05, 0.1) is 12.2 Å². The van der Waals surface area contributed by atoms with Crippen molar-refractivity contribution in [3.05, 3.63) is 16.4 Å². The third-order valence-electron chi connectivity index (χ3n) is 12.6. The highest BCUT2D eigenvalue weighted by molar-refractivity contribution is 5.16. The summed E-state index contributed by atoms with van der Waals surface area (Å²) >= 11 is 0. The first-order valence-corrected chi connectivity index (χ1v) is 15.9. The Hall–Kier alpha value is -1.22. The van der Waals surface area contributed by atoms with Crippen molar-refractivity contribution in [3.63, 3.8) is 0 Å². The van der Waals surface area contributed by atoms with Crippen LogP contribution in [0.2, 0.25) is 0 Å². The van der Waals surface area contributed by atoms with E-state index in [2.05, 4.69) is 44.8 Å². The molecule has 5 rings (SSSR count). The van der Waals surface area contributed by atoms with Crippen molar-refractivity contribution in [2.24, 2.45) is 58.2 Å². The third kappa shape index (κ3) is 5.13. The van der Waals surface area contributed by atoms with Crippen LogP contribution in [0.4, 0.5) is 0 Å². The van der Waals surface area contributed by atoms with Gasteiger partial charge >= 0.3 is 5.76 Å². The summed E-state index contributed by atoms with van der Waals surface area (Å²) in [7, 11) is 3.49. The number of hydrogen-bond acceptors (Lipinski definition) is 7. The molecule has 0 amide bonds. The Morgan fingerprint density at radius 2 is 1.80 bits per heavy atom. The second-order valence-corrected chi connectivity index (χ2v) is 14.3. The van der Waals surface area contributed by atoms with Crippen LogP contribution in [0, 0.1) is 58.2 Å². The molecule has 1 aromatic heterocycles. The highest BCUT2D eigenvalue weighted by Gasteiger charge is 2.68. The number of nitrogens with one attached hydrogen (secondary N) is 1. The molecule has 4 saturated carbocycles. The fourth-order valence-corrected chi connectivity index (χ4v) is 10.8. The number of hydrogen-bond donors (Lipinski definition) is 1. The van der Waals surface area contributed by atoms with Gasteiger partial charge in [0, 0.05) is 26.1 Å². The maximum Gasteiger partial charge on any atom is 0.438 e. The van der Waals surface area contributed by atoms with Gasteiger partial charge in [0.1, 0.15) is 13.6 Å². The number of nitrogens with zero attached hydrogens (tertiary/aromatic N) is 1. The summed E-state index contributed by atoms with van der Waals surface area (Å²) < 4.78 is 29.3. The van der Waals surface area contributed by atoms with E-state index in [4.69, 9.17) is 23.5 Å². The molecule has 0 radical (unpaired) electrons. The first kappa shape index (κ1) is 30.2. The van der Waals surface area contributed by atoms with E-state index in [9.17, 15) is 4.79 Å². The summed E-state index contributed by atoms with van der Waals surface area (Å²) in [6.45, 7) is 13.1. The Balaban J connectivity index is 1.50. The van der Waals surface area contributed by atoms with Crippen molar-refractivity contribution in [2.75, 3.05) is 27.8 Å². The highest BCUT2D eigenvalue weighted by atomic mass is 16.7. The maximum atomic E-state index is 11.5. The van der Waals surface area contributed by atoms with Crippen molar-refractivity contribution in [2.45, 2.75) is 105 Å². The fourth-order valence-electron chi connectivity index (χ4n) is 10.8. The number of aryl methyl sites for hydroxylation is 1. The quantitative estimate of drug-likeness (QED) is 0.328. The number of aromatic amines is 1. The van der Waals surface area contributed by atoms with E-state index in [0.717, 1.165) is 31.6 Å². The summed E-state index contributed by atoms with van der Waals surface area (Å²) in [4.78, 5) is 14.2. The van der Waals surface area contributed by atoms with Crippen LogP contribution in [0.25, 0.3) is 0 Å². The molecule has 1 aromatic rings. The molecule has 228 valence electrons. The van der Waals surface area contributed by atoms with Crippen LogP contribution < -0.4 is 5.76 Å². The van der Waals surface area contributed by atoms with Crippen molar-refractivity contribution in [3.8, 4) is 0 Å². The van der Waals surface area contributed by atoms with Gasteiger partial charge in [0.15, 0.2) is 5.82 Å². The molecule has 4 fully saturated rings. The molecule has 0 spiro atoms. The predicted octanol–water partition coefficient (Wildman–Crippen LogP) is 6.06. The molecule has 4 unspecified atom stereocenters. The smallest absolute Gasteiger partial charge is 0.359 e. The van der Waals surface area contributed by atoms with Crippen LogP contribution in [0.1, 0.15) is 91.8 Å². The Bertz CT molecular complexity index is 1030. The molecule has 40 heavy (non-hydrogen) atoms. The monoisotopic (exact) mass is 562 g/mol. The minimum Gasteiger partial charge on any atom is -0.359 e. The van der Waals surface area contributed by atoms with E-state index in [-0.39, 0.29) is 17.6 Å². The average Bonchev–Trinajstić information content (AvgIpc) is 3.52. The number of rotatable bonds is 11. The molecule has 0 saturated heterocycles. The molecule has 1 heterocycles. The molecule has 12 atom stereocenters. The number of H-pyrrole nitrogens is 1. The van der Waals surface area contributed by atoms with Crippen molar-refractivity contribution in [1.82, 2.24) is 10.1 Å². The van der Waals surface area contributed by atoms with E-state index < -0.39 is 5.76 Å². The third-order valence-corrected chi connectivity index (χ3v) is 12.6. The molecule has 0 aliphatic heterocycles. The number of ether oxygens (including phenoxy) is 4. The predicted molar refractivity (Wildman–Crippen MR) is 152 cm³/mol. The normalized spacial score (nSPS) is 43.6. The van der Waals surface area contributed by atoms with Gasteiger partial charge in [-0.15, -0.1) is 0 Å². The lowest BCUT2D eigenvalue weighted by Gasteiger charge is -2.66. The second-order valence-electron chi connectivity index (χ2n) is 14.3. The van der Waals surface area contributed by atoms with Gasteiger partial charge in [-0.1, -0.05) is 52.6 Å². The van der Waals surface area contributed by atoms with Gasteiger partial charge in [-0.25, -0.2) is 4.79 Å². The lowest BCUT2D eigenvalue weighted by atomic mass is 9.40.